The topological polar surface area (TPSA) is 64.3 Å². The first kappa shape index (κ1) is 14.4. The van der Waals surface area contributed by atoms with Gasteiger partial charge in [0, 0.05) is 17.1 Å². The summed E-state index contributed by atoms with van der Waals surface area (Å²) in [7, 11) is 1.58. The van der Waals surface area contributed by atoms with Gasteiger partial charge in [0.05, 0.1) is 5.69 Å². The zero-order valence-electron chi connectivity index (χ0n) is 11.0. The Labute approximate surface area is 126 Å². The Morgan fingerprint density at radius 2 is 1.95 bits per heavy atom. The van der Waals surface area contributed by atoms with Crippen molar-refractivity contribution in [3.05, 3.63) is 58.1 Å². The molecule has 0 aliphatic carbocycles. The van der Waals surface area contributed by atoms with Gasteiger partial charge in [0.25, 0.3) is 5.91 Å². The minimum atomic E-state index is -0.170. The average Bonchev–Trinajstić information content (AvgIpc) is 2.46. The van der Waals surface area contributed by atoms with Gasteiger partial charge in [-0.05, 0) is 35.9 Å². The Kier molecular flexibility index (Phi) is 4.63. The second-order valence-electron chi connectivity index (χ2n) is 4.25. The van der Waals surface area contributed by atoms with Crippen LogP contribution in [0.5, 0.6) is 5.75 Å². The van der Waals surface area contributed by atoms with E-state index < -0.39 is 0 Å². The molecular weight excluding hydrogens is 320 g/mol. The molecule has 5 heteroatoms. The third-order valence-corrected chi connectivity index (χ3v) is 3.34. The summed E-state index contributed by atoms with van der Waals surface area (Å²) in [5.41, 5.74) is 7.90. The SMILES string of the molecule is CNC(=O)c1ccc(OCc2ccc(Br)cc2)c(N)c1. The predicted molar refractivity (Wildman–Crippen MR) is 82.7 cm³/mol. The molecule has 4 nitrogen and oxygen atoms in total. The summed E-state index contributed by atoms with van der Waals surface area (Å²) in [5, 5.41) is 2.55. The van der Waals surface area contributed by atoms with Crippen LogP contribution < -0.4 is 15.8 Å². The average molecular weight is 335 g/mol. The minimum Gasteiger partial charge on any atom is -0.487 e. The predicted octanol–water partition coefficient (Wildman–Crippen LogP) is 2.97. The normalized spacial score (nSPS) is 10.1. The molecule has 0 aromatic heterocycles. The summed E-state index contributed by atoms with van der Waals surface area (Å²) in [5.74, 6) is 0.400. The number of ether oxygens (including phenoxy) is 1. The van der Waals surface area contributed by atoms with Crippen LogP contribution in [0, 0.1) is 0 Å². The smallest absolute Gasteiger partial charge is 0.251 e. The lowest BCUT2D eigenvalue weighted by Crippen LogP contribution is -2.17. The first-order valence-electron chi connectivity index (χ1n) is 6.09. The number of rotatable bonds is 4. The number of anilines is 1. The molecule has 104 valence electrons. The number of benzene rings is 2. The van der Waals surface area contributed by atoms with E-state index in [1.807, 2.05) is 24.3 Å². The number of nitrogens with two attached hydrogens (primary N) is 1. The Bertz CT molecular complexity index is 612. The summed E-state index contributed by atoms with van der Waals surface area (Å²) in [6.07, 6.45) is 0. The molecule has 0 spiro atoms. The standard InChI is InChI=1S/C15H15BrN2O2/c1-18-15(19)11-4-7-14(13(17)8-11)20-9-10-2-5-12(16)6-3-10/h2-8H,9,17H2,1H3,(H,18,19). The molecule has 0 atom stereocenters. The number of nitrogen functional groups attached to an aromatic ring is 1. The number of halogens is 1. The van der Waals surface area contributed by atoms with Gasteiger partial charge in [-0.15, -0.1) is 0 Å². The maximum atomic E-state index is 11.5. The first-order valence-corrected chi connectivity index (χ1v) is 6.88. The van der Waals surface area contributed by atoms with E-state index in [0.29, 0.717) is 23.6 Å². The number of hydrogen-bond acceptors (Lipinski definition) is 3. The summed E-state index contributed by atoms with van der Waals surface area (Å²) < 4.78 is 6.68. The molecular formula is C15H15BrN2O2. The molecule has 0 heterocycles. The van der Waals surface area contributed by atoms with Crippen molar-refractivity contribution >= 4 is 27.5 Å². The van der Waals surface area contributed by atoms with Crippen molar-refractivity contribution in [1.82, 2.24) is 5.32 Å². The van der Waals surface area contributed by atoms with Gasteiger partial charge >= 0.3 is 0 Å². The van der Waals surface area contributed by atoms with E-state index in [4.69, 9.17) is 10.5 Å². The molecule has 2 aromatic rings. The van der Waals surface area contributed by atoms with E-state index in [1.165, 1.54) is 0 Å². The fraction of sp³-hybridized carbons (Fsp3) is 0.133. The molecule has 0 radical (unpaired) electrons. The van der Waals surface area contributed by atoms with E-state index in [9.17, 15) is 4.79 Å². The number of carbonyl (C=O) groups excluding carboxylic acids is 1. The third kappa shape index (κ3) is 3.51. The van der Waals surface area contributed by atoms with Gasteiger partial charge in [-0.2, -0.15) is 0 Å². The lowest BCUT2D eigenvalue weighted by molar-refractivity contribution is 0.0963. The molecule has 0 bridgehead atoms. The fourth-order valence-electron chi connectivity index (χ4n) is 1.71. The van der Waals surface area contributed by atoms with Gasteiger partial charge < -0.3 is 15.8 Å². The minimum absolute atomic E-state index is 0.170. The van der Waals surface area contributed by atoms with E-state index >= 15 is 0 Å². The van der Waals surface area contributed by atoms with Crippen molar-refractivity contribution in [3.8, 4) is 5.75 Å². The van der Waals surface area contributed by atoms with Crippen molar-refractivity contribution in [2.45, 2.75) is 6.61 Å². The lowest BCUT2D eigenvalue weighted by Gasteiger charge is -2.10. The van der Waals surface area contributed by atoms with Crippen LogP contribution in [0.3, 0.4) is 0 Å². The molecule has 1 amide bonds. The van der Waals surface area contributed by atoms with Crippen LogP contribution in [0.15, 0.2) is 46.9 Å². The molecule has 20 heavy (non-hydrogen) atoms. The van der Waals surface area contributed by atoms with Gasteiger partial charge in [-0.25, -0.2) is 0 Å². The van der Waals surface area contributed by atoms with E-state index in [0.717, 1.165) is 10.0 Å². The van der Waals surface area contributed by atoms with Crippen LogP contribution in [0.1, 0.15) is 15.9 Å². The molecule has 0 aliphatic heterocycles. The number of nitrogens with one attached hydrogen (secondary N) is 1. The van der Waals surface area contributed by atoms with E-state index in [2.05, 4.69) is 21.2 Å². The summed E-state index contributed by atoms with van der Waals surface area (Å²) in [4.78, 5) is 11.5. The summed E-state index contributed by atoms with van der Waals surface area (Å²) >= 11 is 3.38. The van der Waals surface area contributed by atoms with Gasteiger partial charge in [-0.3, -0.25) is 4.79 Å². The fourth-order valence-corrected chi connectivity index (χ4v) is 1.97. The van der Waals surface area contributed by atoms with Crippen molar-refractivity contribution in [1.29, 1.82) is 0 Å². The van der Waals surface area contributed by atoms with Gasteiger partial charge in [0.1, 0.15) is 12.4 Å². The van der Waals surface area contributed by atoms with Gasteiger partial charge in [0.15, 0.2) is 0 Å². The van der Waals surface area contributed by atoms with Crippen molar-refractivity contribution in [2.75, 3.05) is 12.8 Å². The molecule has 3 N–H and O–H groups in total. The highest BCUT2D eigenvalue weighted by molar-refractivity contribution is 9.10. The first-order chi connectivity index (χ1) is 9.60. The maximum Gasteiger partial charge on any atom is 0.251 e. The molecule has 0 saturated heterocycles. The van der Waals surface area contributed by atoms with Crippen LogP contribution in [-0.4, -0.2) is 13.0 Å². The maximum absolute atomic E-state index is 11.5. The van der Waals surface area contributed by atoms with Crippen molar-refractivity contribution < 1.29 is 9.53 Å². The number of amides is 1. The quantitative estimate of drug-likeness (QED) is 0.845. The monoisotopic (exact) mass is 334 g/mol. The number of carbonyl (C=O) groups is 1. The number of hydrogen-bond donors (Lipinski definition) is 2. The Hall–Kier alpha value is -2.01. The van der Waals surface area contributed by atoms with Crippen LogP contribution >= 0.6 is 15.9 Å². The summed E-state index contributed by atoms with van der Waals surface area (Å²) in [6, 6.07) is 12.9. The van der Waals surface area contributed by atoms with Crippen LogP contribution in [-0.2, 0) is 6.61 Å². The van der Waals surface area contributed by atoms with E-state index in [1.54, 1.807) is 25.2 Å². The molecule has 0 fully saturated rings. The Morgan fingerprint density at radius 1 is 1.25 bits per heavy atom. The van der Waals surface area contributed by atoms with Gasteiger partial charge in [0.2, 0.25) is 0 Å². The van der Waals surface area contributed by atoms with Crippen LogP contribution in [0.25, 0.3) is 0 Å². The van der Waals surface area contributed by atoms with Crippen molar-refractivity contribution in [2.24, 2.45) is 0 Å². The zero-order valence-corrected chi connectivity index (χ0v) is 12.6. The van der Waals surface area contributed by atoms with Crippen LogP contribution in [0.2, 0.25) is 0 Å². The molecule has 0 unspecified atom stereocenters. The highest BCUT2D eigenvalue weighted by atomic mass is 79.9. The Morgan fingerprint density at radius 3 is 2.55 bits per heavy atom. The molecule has 0 aliphatic rings. The zero-order chi connectivity index (χ0) is 14.5. The van der Waals surface area contributed by atoms with Gasteiger partial charge in [-0.1, -0.05) is 28.1 Å². The second-order valence-corrected chi connectivity index (χ2v) is 5.16. The second kappa shape index (κ2) is 6.43. The summed E-state index contributed by atoms with van der Waals surface area (Å²) in [6.45, 7) is 0.427. The molecule has 2 rings (SSSR count). The Balaban J connectivity index is 2.06. The van der Waals surface area contributed by atoms with Crippen LogP contribution in [0.4, 0.5) is 5.69 Å². The lowest BCUT2D eigenvalue weighted by atomic mass is 10.1. The third-order valence-electron chi connectivity index (χ3n) is 2.81. The van der Waals surface area contributed by atoms with Crippen molar-refractivity contribution in [3.63, 3.8) is 0 Å². The highest BCUT2D eigenvalue weighted by Gasteiger charge is 2.07. The molecule has 0 saturated carbocycles. The van der Waals surface area contributed by atoms with E-state index in [-0.39, 0.29) is 5.91 Å². The molecule has 2 aromatic carbocycles. The highest BCUT2D eigenvalue weighted by Crippen LogP contribution is 2.23. The largest absolute Gasteiger partial charge is 0.487 e.